The highest BCUT2D eigenvalue weighted by molar-refractivity contribution is 7.92. The first-order chi connectivity index (χ1) is 23.1. The van der Waals surface area contributed by atoms with Crippen LogP contribution in [0.3, 0.4) is 0 Å². The predicted molar refractivity (Wildman–Crippen MR) is 186 cm³/mol. The number of hydrogen-bond acceptors (Lipinski definition) is 6. The van der Waals surface area contributed by atoms with Crippen molar-refractivity contribution in [3.63, 3.8) is 0 Å². The molecular formula is C38H32F2N2O5S2. The van der Waals surface area contributed by atoms with Gasteiger partial charge in [0.1, 0.15) is 16.5 Å². The summed E-state index contributed by atoms with van der Waals surface area (Å²) >= 11 is 0. The smallest absolute Gasteiger partial charge is 0.199 e. The third-order valence-electron chi connectivity index (χ3n) is 8.93. The van der Waals surface area contributed by atoms with Gasteiger partial charge in [0, 0.05) is 29.0 Å². The quantitative estimate of drug-likeness (QED) is 0.114. The van der Waals surface area contributed by atoms with E-state index in [4.69, 9.17) is 0 Å². The van der Waals surface area contributed by atoms with Crippen LogP contribution in [0.2, 0.25) is 0 Å². The van der Waals surface area contributed by atoms with Gasteiger partial charge in [0.2, 0.25) is 0 Å². The van der Waals surface area contributed by atoms with Crippen LogP contribution in [-0.2, 0) is 30.8 Å². The molecule has 0 bridgehead atoms. The normalized spacial score (nSPS) is 13.0. The van der Waals surface area contributed by atoms with Crippen molar-refractivity contribution < 1.29 is 30.3 Å². The lowest BCUT2D eigenvalue weighted by molar-refractivity contribution is -0.607. The molecule has 4 aromatic carbocycles. The van der Waals surface area contributed by atoms with Crippen LogP contribution >= 0.6 is 0 Å². The zero-order chi connectivity index (χ0) is 35.1. The standard InChI is InChI=1S/C38H32F2N2O5S2/c1-38(2,48(3,44)45)31-20-29-8-5-17-41-37(29)35(22-31)28-7-4-6-27(19-28)30-21-34(24-42(43)23-30)49(46,47)36(26-11-15-33(40)16-12-26)18-25-9-13-32(39)14-10-25/h4-17,19-24,36H,18H2,1-3H3. The van der Waals surface area contributed by atoms with Gasteiger partial charge in [-0.05, 0) is 103 Å². The maximum Gasteiger partial charge on any atom is 0.199 e. The molecule has 6 rings (SSSR count). The van der Waals surface area contributed by atoms with Crippen LogP contribution < -0.4 is 4.73 Å². The summed E-state index contributed by atoms with van der Waals surface area (Å²) in [5.74, 6) is -1.00. The van der Waals surface area contributed by atoms with Crippen LogP contribution in [0.5, 0.6) is 0 Å². The van der Waals surface area contributed by atoms with Gasteiger partial charge in [-0.2, -0.15) is 4.73 Å². The molecule has 0 aliphatic rings. The van der Waals surface area contributed by atoms with Crippen molar-refractivity contribution in [3.05, 3.63) is 155 Å². The zero-order valence-corrected chi connectivity index (χ0v) is 28.5. The van der Waals surface area contributed by atoms with E-state index in [9.17, 15) is 30.8 Å². The van der Waals surface area contributed by atoms with Gasteiger partial charge in [0.25, 0.3) is 0 Å². The van der Waals surface area contributed by atoms with Gasteiger partial charge < -0.3 is 5.21 Å². The lowest BCUT2D eigenvalue weighted by Crippen LogP contribution is -2.28. The summed E-state index contributed by atoms with van der Waals surface area (Å²) in [6.07, 6.45) is 5.05. The van der Waals surface area contributed by atoms with Gasteiger partial charge in [0.15, 0.2) is 32.1 Å². The minimum absolute atomic E-state index is 0.0486. The molecule has 0 radical (unpaired) electrons. The van der Waals surface area contributed by atoms with Crippen molar-refractivity contribution in [2.75, 3.05) is 6.26 Å². The molecule has 0 spiro atoms. The summed E-state index contributed by atoms with van der Waals surface area (Å²) in [5.41, 5.74) is 4.28. The average molecular weight is 699 g/mol. The van der Waals surface area contributed by atoms with Gasteiger partial charge in [0.05, 0.1) is 15.5 Å². The van der Waals surface area contributed by atoms with Gasteiger partial charge in [-0.25, -0.2) is 25.6 Å². The van der Waals surface area contributed by atoms with E-state index in [0.29, 0.717) is 49.2 Å². The van der Waals surface area contributed by atoms with Crippen LogP contribution in [0, 0.1) is 16.8 Å². The van der Waals surface area contributed by atoms with E-state index in [1.54, 1.807) is 50.4 Å². The first-order valence-electron chi connectivity index (χ1n) is 15.3. The summed E-state index contributed by atoms with van der Waals surface area (Å²) in [4.78, 5) is 4.33. The Hall–Kier alpha value is -5.00. The molecule has 2 aromatic heterocycles. The van der Waals surface area contributed by atoms with Crippen LogP contribution in [0.4, 0.5) is 8.78 Å². The maximum absolute atomic E-state index is 14.3. The fourth-order valence-electron chi connectivity index (χ4n) is 5.76. The van der Waals surface area contributed by atoms with E-state index in [-0.39, 0.29) is 11.3 Å². The van der Waals surface area contributed by atoms with Gasteiger partial charge >= 0.3 is 0 Å². The highest BCUT2D eigenvalue weighted by Gasteiger charge is 2.34. The number of fused-ring (bicyclic) bond motifs is 1. The van der Waals surface area contributed by atoms with Crippen molar-refractivity contribution in [3.8, 4) is 22.3 Å². The average Bonchev–Trinajstić information content (AvgIpc) is 3.07. The van der Waals surface area contributed by atoms with Crippen LogP contribution in [0.1, 0.15) is 35.8 Å². The molecule has 0 amide bonds. The molecule has 49 heavy (non-hydrogen) atoms. The molecule has 0 saturated carbocycles. The van der Waals surface area contributed by atoms with Crippen molar-refractivity contribution in [2.24, 2.45) is 0 Å². The van der Waals surface area contributed by atoms with Crippen LogP contribution in [-0.4, -0.2) is 28.1 Å². The first kappa shape index (κ1) is 33.9. The lowest BCUT2D eigenvalue weighted by Gasteiger charge is -2.24. The lowest BCUT2D eigenvalue weighted by atomic mass is 9.92. The Morgan fingerprint density at radius 1 is 0.776 bits per heavy atom. The number of pyridine rings is 2. The Bertz CT molecular complexity index is 2410. The van der Waals surface area contributed by atoms with Crippen molar-refractivity contribution in [1.82, 2.24) is 4.98 Å². The maximum atomic E-state index is 14.3. The molecular weight excluding hydrogens is 667 g/mol. The van der Waals surface area contributed by atoms with Crippen LogP contribution in [0.15, 0.2) is 127 Å². The Labute approximate surface area is 284 Å². The predicted octanol–water partition coefficient (Wildman–Crippen LogP) is 7.52. The summed E-state index contributed by atoms with van der Waals surface area (Å²) in [6, 6.07) is 26.4. The molecule has 0 aliphatic carbocycles. The number of halogens is 2. The van der Waals surface area contributed by atoms with Crippen molar-refractivity contribution >= 4 is 30.6 Å². The number of sulfone groups is 2. The molecule has 7 nitrogen and oxygen atoms in total. The van der Waals surface area contributed by atoms with E-state index in [1.165, 1.54) is 67.0 Å². The van der Waals surface area contributed by atoms with Crippen molar-refractivity contribution in [2.45, 2.75) is 35.2 Å². The molecule has 11 heteroatoms. The summed E-state index contributed by atoms with van der Waals surface area (Å²) in [6.45, 7) is 3.29. The molecule has 0 N–H and O–H groups in total. The molecule has 0 saturated heterocycles. The molecule has 250 valence electrons. The summed E-state index contributed by atoms with van der Waals surface area (Å²) in [5, 5.41) is 12.5. The van der Waals surface area contributed by atoms with E-state index in [1.807, 2.05) is 18.2 Å². The number of aromatic nitrogens is 2. The Morgan fingerprint density at radius 2 is 1.43 bits per heavy atom. The highest BCUT2D eigenvalue weighted by Crippen LogP contribution is 2.38. The van der Waals surface area contributed by atoms with Gasteiger partial charge in [-0.15, -0.1) is 0 Å². The van der Waals surface area contributed by atoms with E-state index >= 15 is 0 Å². The molecule has 6 aromatic rings. The van der Waals surface area contributed by atoms with Gasteiger partial charge in [-0.1, -0.05) is 48.5 Å². The minimum atomic E-state index is -4.26. The Kier molecular flexibility index (Phi) is 8.85. The highest BCUT2D eigenvalue weighted by atomic mass is 32.2. The molecule has 0 fully saturated rings. The number of hydrogen-bond donors (Lipinski definition) is 0. The zero-order valence-electron chi connectivity index (χ0n) is 26.8. The molecule has 1 atom stereocenters. The third kappa shape index (κ3) is 6.81. The number of benzene rings is 4. The molecule has 2 heterocycles. The number of nitrogens with zero attached hydrogens (tertiary/aromatic N) is 2. The fraction of sp³-hybridized carbons (Fsp3) is 0.158. The fourth-order valence-corrected chi connectivity index (χ4v) is 8.11. The molecule has 1 unspecified atom stereocenters. The van der Waals surface area contributed by atoms with E-state index in [2.05, 4.69) is 4.98 Å². The Morgan fingerprint density at radius 3 is 2.10 bits per heavy atom. The second-order valence-electron chi connectivity index (χ2n) is 12.5. The number of rotatable bonds is 9. The topological polar surface area (TPSA) is 108 Å². The van der Waals surface area contributed by atoms with Crippen molar-refractivity contribution in [1.29, 1.82) is 0 Å². The second-order valence-corrected chi connectivity index (χ2v) is 17.2. The third-order valence-corrected chi connectivity index (χ3v) is 13.1. The second kappa shape index (κ2) is 12.8. The first-order valence-corrected chi connectivity index (χ1v) is 18.7. The van der Waals surface area contributed by atoms with Gasteiger partial charge in [-0.3, -0.25) is 4.98 Å². The van der Waals surface area contributed by atoms with E-state index < -0.39 is 41.3 Å². The summed E-state index contributed by atoms with van der Waals surface area (Å²) in [7, 11) is -7.76. The molecule has 0 aliphatic heterocycles. The SMILES string of the molecule is CC(C)(c1cc(-c2cccc(-c3cc(S(=O)(=O)C(Cc4ccc(F)cc4)c4ccc(F)cc4)c[n+]([O-])c3)c2)c2ncccc2c1)S(C)(=O)=O. The Balaban J connectivity index is 1.46. The monoisotopic (exact) mass is 698 g/mol. The van der Waals surface area contributed by atoms with Crippen LogP contribution in [0.25, 0.3) is 33.2 Å². The summed E-state index contributed by atoms with van der Waals surface area (Å²) < 4.78 is 80.8. The minimum Gasteiger partial charge on any atom is -0.619 e. The van der Waals surface area contributed by atoms with E-state index in [0.717, 1.165) is 11.6 Å². The largest absolute Gasteiger partial charge is 0.619 e.